The van der Waals surface area contributed by atoms with Crippen molar-refractivity contribution < 1.29 is 0 Å². The molecule has 0 atom stereocenters. The summed E-state index contributed by atoms with van der Waals surface area (Å²) in [4.78, 5) is 0. The van der Waals surface area contributed by atoms with Crippen LogP contribution >= 0.6 is 0 Å². The van der Waals surface area contributed by atoms with Gasteiger partial charge in [-0.3, -0.25) is 4.68 Å². The Labute approximate surface area is 75.4 Å². The Bertz CT molecular complexity index is 380. The van der Waals surface area contributed by atoms with E-state index < -0.39 is 0 Å². The van der Waals surface area contributed by atoms with Gasteiger partial charge in [-0.25, -0.2) is 0 Å². The molecule has 2 aromatic heterocycles. The number of hydrogen-bond donors (Lipinski definition) is 1. The Morgan fingerprint density at radius 2 is 2.38 bits per heavy atom. The van der Waals surface area contributed by atoms with Crippen LogP contribution in [0.3, 0.4) is 0 Å². The van der Waals surface area contributed by atoms with Crippen molar-refractivity contribution in [1.82, 2.24) is 20.0 Å². The van der Waals surface area contributed by atoms with Crippen molar-refractivity contribution in [2.75, 3.05) is 5.32 Å². The fraction of sp³-hybridized carbons (Fsp3) is 0.125. The quantitative estimate of drug-likeness (QED) is 0.738. The number of aryl methyl sites for hydroxylation is 1. The zero-order chi connectivity index (χ0) is 9.10. The van der Waals surface area contributed by atoms with Crippen LogP contribution in [0, 0.1) is 0 Å². The van der Waals surface area contributed by atoms with Gasteiger partial charge in [-0.05, 0) is 12.1 Å². The average Bonchev–Trinajstić information content (AvgIpc) is 2.53. The summed E-state index contributed by atoms with van der Waals surface area (Å²) < 4.78 is 1.72. The minimum Gasteiger partial charge on any atom is -0.336 e. The molecule has 0 unspecified atom stereocenters. The topological polar surface area (TPSA) is 55.6 Å². The lowest BCUT2D eigenvalue weighted by atomic mass is 10.5. The van der Waals surface area contributed by atoms with Gasteiger partial charge < -0.3 is 5.32 Å². The minimum atomic E-state index is 0.718. The van der Waals surface area contributed by atoms with Crippen molar-refractivity contribution in [2.45, 2.75) is 0 Å². The predicted octanol–water partition coefficient (Wildman–Crippen LogP) is 0.954. The molecule has 5 nitrogen and oxygen atoms in total. The van der Waals surface area contributed by atoms with Gasteiger partial charge in [-0.15, -0.1) is 5.10 Å². The summed E-state index contributed by atoms with van der Waals surface area (Å²) in [6.07, 6.45) is 5.23. The SMILES string of the molecule is Cn1cc(Nc2cccnn2)cn1. The zero-order valence-corrected chi connectivity index (χ0v) is 7.18. The van der Waals surface area contributed by atoms with Crippen molar-refractivity contribution in [3.8, 4) is 0 Å². The maximum absolute atomic E-state index is 4.02. The number of nitrogens with one attached hydrogen (secondary N) is 1. The van der Waals surface area contributed by atoms with Crippen molar-refractivity contribution in [3.05, 3.63) is 30.7 Å². The van der Waals surface area contributed by atoms with E-state index in [2.05, 4.69) is 20.6 Å². The molecule has 0 saturated carbocycles. The van der Waals surface area contributed by atoms with Gasteiger partial charge in [0, 0.05) is 19.4 Å². The first-order chi connectivity index (χ1) is 6.34. The summed E-state index contributed by atoms with van der Waals surface area (Å²) in [7, 11) is 1.86. The Morgan fingerprint density at radius 1 is 1.46 bits per heavy atom. The standard InChI is InChI=1S/C8H9N5/c1-13-6-7(5-10-13)11-8-3-2-4-9-12-8/h2-6H,1H3,(H,11,12). The highest BCUT2D eigenvalue weighted by Crippen LogP contribution is 2.10. The van der Waals surface area contributed by atoms with Gasteiger partial charge in [0.25, 0.3) is 0 Å². The molecule has 66 valence electrons. The Hall–Kier alpha value is -1.91. The first kappa shape index (κ1) is 7.72. The van der Waals surface area contributed by atoms with Crippen molar-refractivity contribution in [3.63, 3.8) is 0 Å². The first-order valence-electron chi connectivity index (χ1n) is 3.88. The van der Waals surface area contributed by atoms with Gasteiger partial charge in [0.15, 0.2) is 5.82 Å². The number of aromatic nitrogens is 4. The molecule has 0 fully saturated rings. The normalized spacial score (nSPS) is 9.92. The fourth-order valence-corrected chi connectivity index (χ4v) is 1.00. The highest BCUT2D eigenvalue weighted by molar-refractivity contribution is 5.52. The summed E-state index contributed by atoms with van der Waals surface area (Å²) in [5.41, 5.74) is 0.906. The molecule has 2 heterocycles. The van der Waals surface area contributed by atoms with Gasteiger partial charge in [0.05, 0.1) is 11.9 Å². The molecule has 5 heteroatoms. The van der Waals surface area contributed by atoms with E-state index in [4.69, 9.17) is 0 Å². The van der Waals surface area contributed by atoms with Crippen LogP contribution in [0.2, 0.25) is 0 Å². The molecule has 0 aliphatic carbocycles. The number of rotatable bonds is 2. The molecule has 1 N–H and O–H groups in total. The van der Waals surface area contributed by atoms with Gasteiger partial charge in [0.1, 0.15) is 0 Å². The minimum absolute atomic E-state index is 0.718. The maximum atomic E-state index is 4.02. The molecule has 0 saturated heterocycles. The summed E-state index contributed by atoms with van der Waals surface area (Å²) in [5, 5.41) is 14.7. The van der Waals surface area contributed by atoms with Crippen LogP contribution < -0.4 is 5.32 Å². The third-order valence-corrected chi connectivity index (χ3v) is 1.55. The third kappa shape index (κ3) is 1.81. The van der Waals surface area contributed by atoms with Crippen LogP contribution in [0.25, 0.3) is 0 Å². The molecule has 0 aliphatic rings. The third-order valence-electron chi connectivity index (χ3n) is 1.55. The summed E-state index contributed by atoms with van der Waals surface area (Å²) in [6, 6.07) is 3.67. The van der Waals surface area contributed by atoms with E-state index in [0.717, 1.165) is 11.5 Å². The maximum Gasteiger partial charge on any atom is 0.153 e. The highest BCUT2D eigenvalue weighted by atomic mass is 15.3. The molecule has 0 amide bonds. The molecule has 13 heavy (non-hydrogen) atoms. The fourth-order valence-electron chi connectivity index (χ4n) is 1.00. The molecular formula is C8H9N5. The molecule has 0 aliphatic heterocycles. The van der Waals surface area contributed by atoms with Crippen LogP contribution in [0.1, 0.15) is 0 Å². The van der Waals surface area contributed by atoms with E-state index in [1.807, 2.05) is 25.4 Å². The van der Waals surface area contributed by atoms with Crippen LogP contribution in [-0.2, 0) is 7.05 Å². The van der Waals surface area contributed by atoms with Crippen LogP contribution in [0.4, 0.5) is 11.5 Å². The smallest absolute Gasteiger partial charge is 0.153 e. The van der Waals surface area contributed by atoms with Crippen LogP contribution in [0.5, 0.6) is 0 Å². The Balaban J connectivity index is 2.15. The summed E-state index contributed by atoms with van der Waals surface area (Å²) in [6.45, 7) is 0. The second kappa shape index (κ2) is 3.22. The van der Waals surface area contributed by atoms with Gasteiger partial charge >= 0.3 is 0 Å². The van der Waals surface area contributed by atoms with Crippen molar-refractivity contribution in [2.24, 2.45) is 7.05 Å². The van der Waals surface area contributed by atoms with Crippen LogP contribution in [0.15, 0.2) is 30.7 Å². The predicted molar refractivity (Wildman–Crippen MR) is 48.5 cm³/mol. The van der Waals surface area contributed by atoms with Gasteiger partial charge in [-0.1, -0.05) is 0 Å². The molecule has 2 aromatic rings. The number of nitrogens with zero attached hydrogens (tertiary/aromatic N) is 4. The molecule has 0 aromatic carbocycles. The van der Waals surface area contributed by atoms with E-state index >= 15 is 0 Å². The summed E-state index contributed by atoms with van der Waals surface area (Å²) >= 11 is 0. The lowest BCUT2D eigenvalue weighted by Crippen LogP contribution is -1.92. The molecule has 0 bridgehead atoms. The molecule has 0 spiro atoms. The van der Waals surface area contributed by atoms with E-state index in [0.29, 0.717) is 0 Å². The van der Waals surface area contributed by atoms with Gasteiger partial charge in [-0.2, -0.15) is 10.2 Å². The molecule has 2 rings (SSSR count). The monoisotopic (exact) mass is 175 g/mol. The Kier molecular flexibility index (Phi) is 1.91. The largest absolute Gasteiger partial charge is 0.336 e. The lowest BCUT2D eigenvalue weighted by molar-refractivity contribution is 0.768. The van der Waals surface area contributed by atoms with Crippen molar-refractivity contribution >= 4 is 11.5 Å². The van der Waals surface area contributed by atoms with E-state index in [9.17, 15) is 0 Å². The molecular weight excluding hydrogens is 166 g/mol. The summed E-state index contributed by atoms with van der Waals surface area (Å²) in [5.74, 6) is 0.718. The first-order valence-corrected chi connectivity index (χ1v) is 3.88. The highest BCUT2D eigenvalue weighted by Gasteiger charge is 1.96. The zero-order valence-electron chi connectivity index (χ0n) is 7.18. The van der Waals surface area contributed by atoms with Crippen molar-refractivity contribution in [1.29, 1.82) is 0 Å². The number of hydrogen-bond acceptors (Lipinski definition) is 4. The average molecular weight is 175 g/mol. The lowest BCUT2D eigenvalue weighted by Gasteiger charge is -1.98. The second-order valence-corrected chi connectivity index (χ2v) is 2.64. The van der Waals surface area contributed by atoms with E-state index in [1.165, 1.54) is 0 Å². The number of anilines is 2. The molecule has 0 radical (unpaired) electrons. The van der Waals surface area contributed by atoms with E-state index in [1.54, 1.807) is 17.1 Å². The van der Waals surface area contributed by atoms with Gasteiger partial charge in [0.2, 0.25) is 0 Å². The van der Waals surface area contributed by atoms with Crippen LogP contribution in [-0.4, -0.2) is 20.0 Å². The van der Waals surface area contributed by atoms with E-state index in [-0.39, 0.29) is 0 Å². The Morgan fingerprint density at radius 3 is 3.00 bits per heavy atom. The second-order valence-electron chi connectivity index (χ2n) is 2.64.